The Morgan fingerprint density at radius 1 is 1.22 bits per heavy atom. The SMILES string of the molecule is Cn1nc2ccccc2c1C(=O)N1CCOCC1CNC(=O)c1ccc(-c2noc(C(F)(F)F)n2)s1. The van der Waals surface area contributed by atoms with Gasteiger partial charge in [-0.15, -0.1) is 11.3 Å². The van der Waals surface area contributed by atoms with Crippen LogP contribution in [0.2, 0.25) is 0 Å². The van der Waals surface area contributed by atoms with Crippen molar-refractivity contribution in [2.24, 2.45) is 7.05 Å². The quantitative estimate of drug-likeness (QED) is 0.430. The van der Waals surface area contributed by atoms with Crippen LogP contribution in [0.3, 0.4) is 0 Å². The summed E-state index contributed by atoms with van der Waals surface area (Å²) in [6, 6.07) is 9.83. The van der Waals surface area contributed by atoms with E-state index >= 15 is 0 Å². The number of nitrogens with zero attached hydrogens (tertiary/aromatic N) is 5. The molecule has 3 aromatic heterocycles. The summed E-state index contributed by atoms with van der Waals surface area (Å²) >= 11 is 0.925. The summed E-state index contributed by atoms with van der Waals surface area (Å²) in [5.41, 5.74) is 1.16. The highest BCUT2D eigenvalue weighted by Crippen LogP contribution is 2.31. The third-order valence-corrected chi connectivity index (χ3v) is 6.73. The first-order chi connectivity index (χ1) is 17.2. The molecule has 1 fully saturated rings. The van der Waals surface area contributed by atoms with Gasteiger partial charge in [-0.3, -0.25) is 14.3 Å². The molecule has 0 saturated carbocycles. The van der Waals surface area contributed by atoms with Gasteiger partial charge in [0.15, 0.2) is 0 Å². The second-order valence-electron chi connectivity index (χ2n) is 8.01. The van der Waals surface area contributed by atoms with Crippen molar-refractivity contribution in [3.05, 3.63) is 52.9 Å². The third-order valence-electron chi connectivity index (χ3n) is 5.65. The van der Waals surface area contributed by atoms with Gasteiger partial charge in [0.25, 0.3) is 11.8 Å². The highest BCUT2D eigenvalue weighted by atomic mass is 32.1. The fraction of sp³-hybridized carbons (Fsp3) is 0.318. The van der Waals surface area contributed by atoms with Crippen molar-refractivity contribution >= 4 is 34.1 Å². The van der Waals surface area contributed by atoms with E-state index in [1.807, 2.05) is 24.3 Å². The summed E-state index contributed by atoms with van der Waals surface area (Å²) in [7, 11) is 1.71. The summed E-state index contributed by atoms with van der Waals surface area (Å²) < 4.78 is 49.4. The molecule has 14 heteroatoms. The number of aryl methyl sites for hydroxylation is 1. The van der Waals surface area contributed by atoms with Gasteiger partial charge in [0.2, 0.25) is 5.82 Å². The summed E-state index contributed by atoms with van der Waals surface area (Å²) in [6.45, 7) is 1.07. The minimum atomic E-state index is -4.75. The number of halogens is 3. The summed E-state index contributed by atoms with van der Waals surface area (Å²) in [5, 5.41) is 11.2. The van der Waals surface area contributed by atoms with E-state index in [2.05, 4.69) is 25.1 Å². The lowest BCUT2D eigenvalue weighted by Gasteiger charge is -2.35. The average molecular weight is 520 g/mol. The van der Waals surface area contributed by atoms with E-state index in [9.17, 15) is 22.8 Å². The van der Waals surface area contributed by atoms with Crippen LogP contribution in [0.5, 0.6) is 0 Å². The molecule has 1 aliphatic heterocycles. The minimum absolute atomic E-state index is 0.119. The van der Waals surface area contributed by atoms with Gasteiger partial charge in [-0.25, -0.2) is 0 Å². The number of benzene rings is 1. The predicted molar refractivity (Wildman–Crippen MR) is 121 cm³/mol. The Labute approximate surface area is 205 Å². The molecule has 4 aromatic rings. The van der Waals surface area contributed by atoms with Gasteiger partial charge >= 0.3 is 12.1 Å². The van der Waals surface area contributed by atoms with Crippen molar-refractivity contribution in [2.75, 3.05) is 26.3 Å². The molecule has 10 nitrogen and oxygen atoms in total. The van der Waals surface area contributed by atoms with Crippen molar-refractivity contribution < 1.29 is 32.0 Å². The molecule has 1 N–H and O–H groups in total. The highest BCUT2D eigenvalue weighted by Gasteiger charge is 2.38. The molecule has 188 valence electrons. The number of hydrogen-bond donors (Lipinski definition) is 1. The molecule has 1 aromatic carbocycles. The second-order valence-corrected chi connectivity index (χ2v) is 9.10. The topological polar surface area (TPSA) is 115 Å². The average Bonchev–Trinajstić information content (AvgIpc) is 3.59. The number of rotatable bonds is 5. The van der Waals surface area contributed by atoms with Crippen molar-refractivity contribution in [1.29, 1.82) is 0 Å². The summed E-state index contributed by atoms with van der Waals surface area (Å²) in [5.74, 6) is -2.38. The molecule has 1 atom stereocenters. The van der Waals surface area contributed by atoms with Crippen LogP contribution < -0.4 is 5.32 Å². The molecule has 1 aliphatic rings. The smallest absolute Gasteiger partial charge is 0.377 e. The Morgan fingerprint density at radius 2 is 2.03 bits per heavy atom. The lowest BCUT2D eigenvalue weighted by molar-refractivity contribution is -0.159. The largest absolute Gasteiger partial charge is 0.471 e. The fourth-order valence-electron chi connectivity index (χ4n) is 3.94. The van der Waals surface area contributed by atoms with E-state index in [0.29, 0.717) is 24.4 Å². The van der Waals surface area contributed by atoms with Crippen LogP contribution in [0.15, 0.2) is 40.9 Å². The molecule has 4 heterocycles. The zero-order chi connectivity index (χ0) is 25.4. The number of carbonyl (C=O) groups excluding carboxylic acids is 2. The van der Waals surface area contributed by atoms with Gasteiger partial charge in [-0.05, 0) is 18.2 Å². The van der Waals surface area contributed by atoms with Crippen LogP contribution in [0, 0.1) is 0 Å². The molecule has 1 saturated heterocycles. The summed E-state index contributed by atoms with van der Waals surface area (Å²) in [6.07, 6.45) is -4.75. The van der Waals surface area contributed by atoms with Crippen molar-refractivity contribution in [3.63, 3.8) is 0 Å². The molecular formula is C22H19F3N6O4S. The zero-order valence-electron chi connectivity index (χ0n) is 18.8. The fourth-order valence-corrected chi connectivity index (χ4v) is 4.79. The second kappa shape index (κ2) is 9.35. The van der Waals surface area contributed by atoms with Crippen LogP contribution in [0.25, 0.3) is 21.6 Å². The lowest BCUT2D eigenvalue weighted by Crippen LogP contribution is -2.53. The molecule has 2 amide bonds. The third kappa shape index (κ3) is 4.56. The Hall–Kier alpha value is -3.78. The first-order valence-corrected chi connectivity index (χ1v) is 11.6. The van der Waals surface area contributed by atoms with Gasteiger partial charge in [0.05, 0.1) is 34.5 Å². The van der Waals surface area contributed by atoms with E-state index in [1.54, 1.807) is 16.6 Å². The van der Waals surface area contributed by atoms with Gasteiger partial charge in [-0.2, -0.15) is 23.3 Å². The number of aromatic nitrogens is 4. The molecule has 0 bridgehead atoms. The number of hydrogen-bond acceptors (Lipinski definition) is 8. The first kappa shape index (κ1) is 23.9. The molecule has 0 aliphatic carbocycles. The van der Waals surface area contributed by atoms with E-state index in [4.69, 9.17) is 4.74 Å². The maximum absolute atomic E-state index is 13.4. The van der Waals surface area contributed by atoms with E-state index in [1.165, 1.54) is 12.1 Å². The molecule has 36 heavy (non-hydrogen) atoms. The normalized spacial score (nSPS) is 16.4. The van der Waals surface area contributed by atoms with E-state index < -0.39 is 24.0 Å². The highest BCUT2D eigenvalue weighted by molar-refractivity contribution is 7.17. The molecule has 1 unspecified atom stereocenters. The maximum Gasteiger partial charge on any atom is 0.471 e. The predicted octanol–water partition coefficient (Wildman–Crippen LogP) is 2.97. The number of morpholine rings is 1. The van der Waals surface area contributed by atoms with Crippen molar-refractivity contribution in [2.45, 2.75) is 12.2 Å². The van der Waals surface area contributed by atoms with Gasteiger partial charge in [0, 0.05) is 25.5 Å². The van der Waals surface area contributed by atoms with Crippen LogP contribution in [-0.2, 0) is 18.0 Å². The molecule has 0 spiro atoms. The van der Waals surface area contributed by atoms with E-state index in [-0.39, 0.29) is 34.6 Å². The first-order valence-electron chi connectivity index (χ1n) is 10.8. The van der Waals surface area contributed by atoms with Gasteiger partial charge < -0.3 is 19.5 Å². The number of alkyl halides is 3. The van der Waals surface area contributed by atoms with E-state index in [0.717, 1.165) is 16.7 Å². The van der Waals surface area contributed by atoms with Crippen LogP contribution in [0.4, 0.5) is 13.2 Å². The Kier molecular flexibility index (Phi) is 6.22. The van der Waals surface area contributed by atoms with Crippen LogP contribution in [0.1, 0.15) is 26.1 Å². The Bertz CT molecular complexity index is 1430. The van der Waals surface area contributed by atoms with Crippen molar-refractivity contribution in [1.82, 2.24) is 30.1 Å². The molecule has 5 rings (SSSR count). The maximum atomic E-state index is 13.4. The Balaban J connectivity index is 1.27. The monoisotopic (exact) mass is 520 g/mol. The molecular weight excluding hydrogens is 501 g/mol. The van der Waals surface area contributed by atoms with Crippen LogP contribution in [-0.4, -0.2) is 69.0 Å². The molecule has 0 radical (unpaired) electrons. The Morgan fingerprint density at radius 3 is 2.81 bits per heavy atom. The zero-order valence-corrected chi connectivity index (χ0v) is 19.6. The number of nitrogens with one attached hydrogen (secondary N) is 1. The number of carbonyl (C=O) groups is 2. The number of ether oxygens (including phenoxy) is 1. The minimum Gasteiger partial charge on any atom is -0.377 e. The van der Waals surface area contributed by atoms with Crippen LogP contribution >= 0.6 is 11.3 Å². The number of thiophene rings is 1. The number of amides is 2. The van der Waals surface area contributed by atoms with Gasteiger partial charge in [-0.1, -0.05) is 23.4 Å². The van der Waals surface area contributed by atoms with Crippen molar-refractivity contribution in [3.8, 4) is 10.7 Å². The number of fused-ring (bicyclic) bond motifs is 1. The van der Waals surface area contributed by atoms with Gasteiger partial charge in [0.1, 0.15) is 5.69 Å². The summed E-state index contributed by atoms with van der Waals surface area (Å²) in [4.78, 5) is 31.7. The standard InChI is InChI=1S/C22H19F3N6O4S/c1-30-17(13-4-2-3-5-14(13)28-30)20(33)31-8-9-34-11-12(31)10-26-19(32)16-7-6-15(36-16)18-27-21(35-29-18)22(23,24)25/h2-7,12H,8-11H2,1H3,(H,26,32). The lowest BCUT2D eigenvalue weighted by atomic mass is 10.1.